The quantitative estimate of drug-likeness (QED) is 0.0789. The number of hydrogen-bond acceptors (Lipinski definition) is 10. The number of thiazole rings is 1. The Morgan fingerprint density at radius 1 is 0.920 bits per heavy atom. The van der Waals surface area contributed by atoms with Crippen molar-refractivity contribution in [1.29, 1.82) is 5.26 Å². The summed E-state index contributed by atoms with van der Waals surface area (Å²) in [5.41, 5.74) is -0.176. The number of aryl methyl sites for hydroxylation is 1. The number of anilines is 3. The third kappa shape index (κ3) is 10.7. The molecule has 5 amide bonds. The molecule has 386 valence electrons. The van der Waals surface area contributed by atoms with E-state index in [-0.39, 0.29) is 40.1 Å². The maximum atomic E-state index is 15.6. The topological polar surface area (TPSA) is 181 Å². The molecule has 21 heteroatoms. The van der Waals surface area contributed by atoms with E-state index in [4.69, 9.17) is 12.2 Å². The second-order valence-electron chi connectivity index (χ2n) is 19.5. The lowest BCUT2D eigenvalue weighted by Crippen LogP contribution is -2.57. The summed E-state index contributed by atoms with van der Waals surface area (Å²) in [5, 5.41) is 17.2. The molecule has 2 saturated heterocycles. The number of benzene rings is 4. The summed E-state index contributed by atoms with van der Waals surface area (Å²) in [6.07, 6.45) is -2.83. The fourth-order valence-electron chi connectivity index (χ4n) is 8.99. The summed E-state index contributed by atoms with van der Waals surface area (Å²) in [7, 11) is 0. The first-order chi connectivity index (χ1) is 35.4. The van der Waals surface area contributed by atoms with Gasteiger partial charge in [-0.25, -0.2) is 13.8 Å². The first-order valence-corrected chi connectivity index (χ1v) is 24.7. The second-order valence-corrected chi connectivity index (χ2v) is 20.7. The highest BCUT2D eigenvalue weighted by molar-refractivity contribution is 7.81. The number of pyridine rings is 1. The molecule has 2 atom stereocenters. The van der Waals surface area contributed by atoms with Gasteiger partial charge in [-0.3, -0.25) is 33.9 Å². The maximum absolute atomic E-state index is 15.6. The molecule has 0 aliphatic carbocycles. The Hall–Kier alpha value is -7.96. The average Bonchev–Trinajstić information content (AvgIpc) is 4.08. The summed E-state index contributed by atoms with van der Waals surface area (Å²) >= 11 is 7.08. The molecule has 4 heterocycles. The maximum Gasteiger partial charge on any atom is 0.420 e. The summed E-state index contributed by atoms with van der Waals surface area (Å²) in [6, 6.07) is 21.8. The lowest BCUT2D eigenvalue weighted by atomic mass is 9.85. The van der Waals surface area contributed by atoms with Crippen molar-refractivity contribution in [1.82, 2.24) is 25.5 Å². The van der Waals surface area contributed by atoms with E-state index in [1.54, 1.807) is 74.0 Å². The highest BCUT2D eigenvalue weighted by Crippen LogP contribution is 2.42. The van der Waals surface area contributed by atoms with Crippen LogP contribution in [-0.4, -0.2) is 73.7 Å². The van der Waals surface area contributed by atoms with Crippen molar-refractivity contribution >= 4 is 75.3 Å². The van der Waals surface area contributed by atoms with Gasteiger partial charge in [0.15, 0.2) is 10.9 Å². The second kappa shape index (κ2) is 20.7. The molecule has 2 fully saturated rings. The number of rotatable bonds is 12. The van der Waals surface area contributed by atoms with Crippen LogP contribution in [0.25, 0.3) is 21.7 Å². The molecular formula is C54H48F5N9O5S2. The highest BCUT2D eigenvalue weighted by Gasteiger charge is 2.52. The van der Waals surface area contributed by atoms with Crippen molar-refractivity contribution in [2.45, 2.75) is 84.7 Å². The van der Waals surface area contributed by atoms with E-state index in [2.05, 4.69) is 25.9 Å². The summed E-state index contributed by atoms with van der Waals surface area (Å²) in [5.74, 6) is -5.98. The Labute approximate surface area is 437 Å². The summed E-state index contributed by atoms with van der Waals surface area (Å²) in [4.78, 5) is 81.6. The number of carbonyl (C=O) groups excluding carboxylic acids is 5. The third-order valence-corrected chi connectivity index (χ3v) is 14.4. The standard InChI is InChI=1S/C54H48F5N9O5S2/c1-29-44(75-28-63-29)32-11-9-30(10-12-32)26-62-48(71)41-8-7-23-66(41)49(72)45(52(2,3)4)65-46(69)33-15-20-37(38(55)24-33)47(70)64-35-17-13-31(14-18-35)39-21-19-36(27-61-39)68-51(74)67(50(73)53(68,5)6)40-22-16-34(25-60)42(43(40)56)54(57,58)59/h9-22,24,27-28,41,45H,7-8,23,26H2,1-6H3,(H,62,71)(H,64,70)(H,65,69). The Bertz CT molecular complexity index is 3300. The van der Waals surface area contributed by atoms with Gasteiger partial charge in [-0.05, 0) is 117 Å². The number of amides is 5. The molecule has 2 unspecified atom stereocenters. The van der Waals surface area contributed by atoms with Gasteiger partial charge in [0.05, 0.1) is 56.5 Å². The van der Waals surface area contributed by atoms with Crippen molar-refractivity contribution < 1.29 is 45.9 Å². The van der Waals surface area contributed by atoms with Crippen LogP contribution < -0.4 is 25.8 Å². The minimum absolute atomic E-state index is 0.139. The van der Waals surface area contributed by atoms with E-state index >= 15 is 8.78 Å². The van der Waals surface area contributed by atoms with Crippen molar-refractivity contribution in [3.05, 3.63) is 148 Å². The van der Waals surface area contributed by atoms with Crippen molar-refractivity contribution in [2.24, 2.45) is 5.41 Å². The third-order valence-electron chi connectivity index (χ3n) is 13.0. The van der Waals surface area contributed by atoms with Crippen LogP contribution in [0.5, 0.6) is 0 Å². The van der Waals surface area contributed by atoms with Crippen molar-refractivity contribution in [2.75, 3.05) is 21.7 Å². The van der Waals surface area contributed by atoms with Crippen LogP contribution in [-0.2, 0) is 27.1 Å². The Morgan fingerprint density at radius 3 is 2.21 bits per heavy atom. The largest absolute Gasteiger partial charge is 0.420 e. The lowest BCUT2D eigenvalue weighted by molar-refractivity contribution is -0.142. The van der Waals surface area contributed by atoms with Crippen LogP contribution in [0.1, 0.15) is 90.6 Å². The smallest absolute Gasteiger partial charge is 0.350 e. The predicted octanol–water partition coefficient (Wildman–Crippen LogP) is 9.97. The molecule has 0 saturated carbocycles. The first-order valence-electron chi connectivity index (χ1n) is 23.4. The molecule has 8 rings (SSSR count). The first kappa shape index (κ1) is 53.3. The Kier molecular flexibility index (Phi) is 14.8. The minimum Gasteiger partial charge on any atom is -0.350 e. The fourth-order valence-corrected chi connectivity index (χ4v) is 10.3. The van der Waals surface area contributed by atoms with Crippen LogP contribution >= 0.6 is 23.6 Å². The number of nitrogens with zero attached hydrogens (tertiary/aromatic N) is 6. The Balaban J connectivity index is 0.882. The predicted molar refractivity (Wildman–Crippen MR) is 276 cm³/mol. The van der Waals surface area contributed by atoms with E-state index < -0.39 is 81.3 Å². The van der Waals surface area contributed by atoms with E-state index in [0.717, 1.165) is 46.0 Å². The number of likely N-dealkylation sites (tertiary alicyclic amines) is 1. The molecule has 0 radical (unpaired) electrons. The number of nitrogens with one attached hydrogen (secondary N) is 3. The van der Waals surface area contributed by atoms with Crippen molar-refractivity contribution in [3.63, 3.8) is 0 Å². The van der Waals surface area contributed by atoms with Gasteiger partial charge in [-0.1, -0.05) is 57.2 Å². The van der Waals surface area contributed by atoms with Crippen molar-refractivity contribution in [3.8, 4) is 27.8 Å². The number of halogens is 5. The van der Waals surface area contributed by atoms with Gasteiger partial charge in [-0.15, -0.1) is 11.3 Å². The van der Waals surface area contributed by atoms with Crippen LogP contribution in [0.3, 0.4) is 0 Å². The van der Waals surface area contributed by atoms with Crippen LogP contribution in [0.15, 0.2) is 103 Å². The van der Waals surface area contributed by atoms with E-state index in [1.807, 2.05) is 31.2 Å². The molecule has 0 bridgehead atoms. The molecule has 2 aliphatic heterocycles. The molecule has 75 heavy (non-hydrogen) atoms. The van der Waals surface area contributed by atoms with Crippen LogP contribution in [0, 0.1) is 35.3 Å². The van der Waals surface area contributed by atoms with E-state index in [0.29, 0.717) is 35.5 Å². The van der Waals surface area contributed by atoms with Gasteiger partial charge in [0.25, 0.3) is 17.7 Å². The highest BCUT2D eigenvalue weighted by atomic mass is 32.1. The molecule has 4 aromatic carbocycles. The summed E-state index contributed by atoms with van der Waals surface area (Å²) < 4.78 is 72.6. The molecule has 14 nitrogen and oxygen atoms in total. The number of hydrogen-bond donors (Lipinski definition) is 3. The van der Waals surface area contributed by atoms with Gasteiger partial charge >= 0.3 is 6.18 Å². The van der Waals surface area contributed by atoms with Gasteiger partial charge in [0, 0.05) is 29.9 Å². The number of nitriles is 1. The number of aromatic nitrogens is 2. The van der Waals surface area contributed by atoms with Crippen LogP contribution in [0.4, 0.5) is 39.0 Å². The fraction of sp³-hybridized carbons (Fsp3) is 0.278. The Morgan fingerprint density at radius 2 is 1.61 bits per heavy atom. The summed E-state index contributed by atoms with van der Waals surface area (Å²) in [6.45, 7) is 10.7. The molecule has 3 N–H and O–H groups in total. The van der Waals surface area contributed by atoms with E-state index in [1.165, 1.54) is 42.0 Å². The zero-order valence-electron chi connectivity index (χ0n) is 41.2. The molecule has 2 aliphatic rings. The average molecular weight is 1060 g/mol. The van der Waals surface area contributed by atoms with Crippen LogP contribution in [0.2, 0.25) is 0 Å². The van der Waals surface area contributed by atoms with Gasteiger partial charge in [0.2, 0.25) is 11.8 Å². The normalized spacial score (nSPS) is 15.9. The molecular weight excluding hydrogens is 1010 g/mol. The molecule has 0 spiro atoms. The number of alkyl halides is 3. The molecule has 6 aromatic rings. The number of carbonyl (C=O) groups is 5. The zero-order chi connectivity index (χ0) is 54.3. The van der Waals surface area contributed by atoms with Gasteiger partial charge in [-0.2, -0.15) is 18.4 Å². The lowest BCUT2D eigenvalue weighted by Gasteiger charge is -2.35. The molecule has 2 aromatic heterocycles. The SMILES string of the molecule is Cc1ncsc1-c1ccc(CNC(=O)C2CCCN2C(=O)C(NC(=O)c2ccc(C(=O)Nc3ccc(-c4ccc(N5C(=S)N(c6ccc(C#N)c(C(F)(F)F)c6F)C(=O)C5(C)C)cn4)cc3)c(F)c2)C(C)(C)C)cc1. The zero-order valence-corrected chi connectivity index (χ0v) is 42.9. The van der Waals surface area contributed by atoms with Gasteiger partial charge < -0.3 is 25.8 Å². The minimum atomic E-state index is -5.23. The monoisotopic (exact) mass is 1060 g/mol. The number of thiocarbonyl (C=S) groups is 1. The van der Waals surface area contributed by atoms with Gasteiger partial charge in [0.1, 0.15) is 29.0 Å². The van der Waals surface area contributed by atoms with E-state index in [9.17, 15) is 42.4 Å².